The number of imide groups is 1. The monoisotopic (exact) mass is 370 g/mol. The summed E-state index contributed by atoms with van der Waals surface area (Å²) in [5.41, 5.74) is -2.90. The normalized spacial score (nSPS) is 14.0. The van der Waals surface area contributed by atoms with Crippen LogP contribution < -0.4 is 4.90 Å². The Morgan fingerprint density at radius 1 is 1.08 bits per heavy atom. The molecule has 1 heterocycles. The molecule has 2 amide bonds. The van der Waals surface area contributed by atoms with E-state index < -0.39 is 44.8 Å². The average Bonchev–Trinajstić information content (AvgIpc) is 2.78. The molecule has 0 saturated heterocycles. The molecular weight excluding hydrogens is 365 g/mol. The standard InChI is InChI=1S/C15H6ClF3N2O4/c16-10-5-4-7(6-9(10)15(17,18)19)20-13(22)8-2-1-3-11(21(24)25)12(8)14(20)23/h1-6H. The number of rotatable bonds is 2. The van der Waals surface area contributed by atoms with Crippen molar-refractivity contribution < 1.29 is 27.7 Å². The van der Waals surface area contributed by atoms with Gasteiger partial charge in [0.15, 0.2) is 0 Å². The fraction of sp³-hybridized carbons (Fsp3) is 0.0667. The second-order valence-corrected chi connectivity index (χ2v) is 5.47. The van der Waals surface area contributed by atoms with Gasteiger partial charge in [0.05, 0.1) is 26.8 Å². The highest BCUT2D eigenvalue weighted by Gasteiger charge is 2.43. The summed E-state index contributed by atoms with van der Waals surface area (Å²) in [6, 6.07) is 5.97. The lowest BCUT2D eigenvalue weighted by atomic mass is 10.1. The van der Waals surface area contributed by atoms with E-state index in [9.17, 15) is 32.9 Å². The first-order chi connectivity index (χ1) is 11.6. The fourth-order valence-electron chi connectivity index (χ4n) is 2.52. The second kappa shape index (κ2) is 5.55. The molecule has 6 nitrogen and oxygen atoms in total. The van der Waals surface area contributed by atoms with Gasteiger partial charge < -0.3 is 0 Å². The van der Waals surface area contributed by atoms with Crippen molar-refractivity contribution in [3.63, 3.8) is 0 Å². The van der Waals surface area contributed by atoms with Crippen molar-refractivity contribution in [2.75, 3.05) is 4.90 Å². The first-order valence-electron chi connectivity index (χ1n) is 6.66. The number of carbonyl (C=O) groups is 2. The molecule has 0 aromatic heterocycles. The lowest BCUT2D eigenvalue weighted by Crippen LogP contribution is -2.29. The molecule has 2 aromatic rings. The number of halogens is 4. The van der Waals surface area contributed by atoms with E-state index in [0.29, 0.717) is 11.0 Å². The summed E-state index contributed by atoms with van der Waals surface area (Å²) < 4.78 is 38.9. The Morgan fingerprint density at radius 2 is 1.76 bits per heavy atom. The van der Waals surface area contributed by atoms with Gasteiger partial charge in [0.25, 0.3) is 17.5 Å². The molecule has 0 N–H and O–H groups in total. The molecular formula is C15H6ClF3N2O4. The van der Waals surface area contributed by atoms with Crippen molar-refractivity contribution in [2.45, 2.75) is 6.18 Å². The van der Waals surface area contributed by atoms with Crippen LogP contribution in [0.25, 0.3) is 0 Å². The Balaban J connectivity index is 2.15. The molecule has 1 aliphatic rings. The molecule has 0 radical (unpaired) electrons. The van der Waals surface area contributed by atoms with Gasteiger partial charge >= 0.3 is 6.18 Å². The molecule has 3 rings (SSSR count). The Bertz CT molecular complexity index is 943. The summed E-state index contributed by atoms with van der Waals surface area (Å²) in [6.07, 6.45) is -4.79. The number of nitro benzene ring substituents is 1. The van der Waals surface area contributed by atoms with Crippen LogP contribution in [0.3, 0.4) is 0 Å². The van der Waals surface area contributed by atoms with Gasteiger partial charge in [0.1, 0.15) is 5.56 Å². The molecule has 0 spiro atoms. The van der Waals surface area contributed by atoms with Gasteiger partial charge in [-0.3, -0.25) is 19.7 Å². The first-order valence-corrected chi connectivity index (χ1v) is 7.03. The smallest absolute Gasteiger partial charge is 0.268 e. The maximum Gasteiger partial charge on any atom is 0.417 e. The van der Waals surface area contributed by atoms with Crippen LogP contribution in [0, 0.1) is 10.1 Å². The number of alkyl halides is 3. The minimum atomic E-state index is -4.79. The second-order valence-electron chi connectivity index (χ2n) is 5.06. The van der Waals surface area contributed by atoms with Gasteiger partial charge in [-0.25, -0.2) is 4.90 Å². The van der Waals surface area contributed by atoms with Gasteiger partial charge in [-0.15, -0.1) is 0 Å². The maximum absolute atomic E-state index is 13.0. The number of nitro groups is 1. The van der Waals surface area contributed by atoms with Gasteiger partial charge in [-0.05, 0) is 24.3 Å². The molecule has 0 unspecified atom stereocenters. The zero-order valence-corrected chi connectivity index (χ0v) is 12.8. The predicted molar refractivity (Wildman–Crippen MR) is 80.7 cm³/mol. The Kier molecular flexibility index (Phi) is 3.76. The van der Waals surface area contributed by atoms with Crippen molar-refractivity contribution in [3.8, 4) is 0 Å². The van der Waals surface area contributed by atoms with Gasteiger partial charge in [-0.1, -0.05) is 17.7 Å². The van der Waals surface area contributed by atoms with E-state index in [1.165, 1.54) is 12.1 Å². The summed E-state index contributed by atoms with van der Waals surface area (Å²) in [4.78, 5) is 35.5. The molecule has 0 fully saturated rings. The largest absolute Gasteiger partial charge is 0.417 e. The van der Waals surface area contributed by atoms with Crippen LogP contribution in [-0.4, -0.2) is 16.7 Å². The number of benzene rings is 2. The molecule has 128 valence electrons. The molecule has 10 heteroatoms. The number of amides is 2. The van der Waals surface area contributed by atoms with E-state index >= 15 is 0 Å². The Labute approximate surface area is 142 Å². The van der Waals surface area contributed by atoms with E-state index in [1.54, 1.807) is 0 Å². The summed E-state index contributed by atoms with van der Waals surface area (Å²) in [5.74, 6) is -2.01. The van der Waals surface area contributed by atoms with Crippen LogP contribution in [0.15, 0.2) is 36.4 Å². The van der Waals surface area contributed by atoms with Crippen molar-refractivity contribution in [1.29, 1.82) is 0 Å². The zero-order chi connectivity index (χ0) is 18.5. The minimum absolute atomic E-state index is 0.247. The molecule has 0 saturated carbocycles. The van der Waals surface area contributed by atoms with E-state index in [-0.39, 0.29) is 11.3 Å². The highest BCUT2D eigenvalue weighted by molar-refractivity contribution is 6.36. The van der Waals surface area contributed by atoms with E-state index in [1.807, 2.05) is 0 Å². The number of fused-ring (bicyclic) bond motifs is 1. The molecule has 0 atom stereocenters. The molecule has 0 aliphatic carbocycles. The average molecular weight is 371 g/mol. The maximum atomic E-state index is 13.0. The van der Waals surface area contributed by atoms with Crippen LogP contribution in [0.2, 0.25) is 5.02 Å². The predicted octanol–water partition coefficient (Wildman–Crippen LogP) is 4.07. The summed E-state index contributed by atoms with van der Waals surface area (Å²) in [6.45, 7) is 0. The van der Waals surface area contributed by atoms with Crippen LogP contribution >= 0.6 is 11.6 Å². The Hall–Kier alpha value is -2.94. The lowest BCUT2D eigenvalue weighted by Gasteiger charge is -2.17. The summed E-state index contributed by atoms with van der Waals surface area (Å²) >= 11 is 5.52. The minimum Gasteiger partial charge on any atom is -0.268 e. The quantitative estimate of drug-likeness (QED) is 0.453. The molecule has 0 bridgehead atoms. The lowest BCUT2D eigenvalue weighted by molar-refractivity contribution is -0.385. The van der Waals surface area contributed by atoms with Gasteiger partial charge in [-0.2, -0.15) is 13.2 Å². The summed E-state index contributed by atoms with van der Waals surface area (Å²) in [5, 5.41) is 10.4. The van der Waals surface area contributed by atoms with Gasteiger partial charge in [0.2, 0.25) is 0 Å². The highest BCUT2D eigenvalue weighted by Crippen LogP contribution is 2.39. The highest BCUT2D eigenvalue weighted by atomic mass is 35.5. The van der Waals surface area contributed by atoms with Crippen LogP contribution in [0.1, 0.15) is 26.3 Å². The first kappa shape index (κ1) is 16.9. The zero-order valence-electron chi connectivity index (χ0n) is 12.0. The molecule has 25 heavy (non-hydrogen) atoms. The fourth-order valence-corrected chi connectivity index (χ4v) is 2.75. The molecule has 1 aliphatic heterocycles. The van der Waals surface area contributed by atoms with Crippen LogP contribution in [0.5, 0.6) is 0 Å². The van der Waals surface area contributed by atoms with Crippen molar-refractivity contribution >= 4 is 34.8 Å². The summed E-state index contributed by atoms with van der Waals surface area (Å²) in [7, 11) is 0. The van der Waals surface area contributed by atoms with E-state index in [2.05, 4.69) is 0 Å². The number of hydrogen-bond donors (Lipinski definition) is 0. The van der Waals surface area contributed by atoms with E-state index in [0.717, 1.165) is 18.2 Å². The van der Waals surface area contributed by atoms with Crippen molar-refractivity contribution in [3.05, 3.63) is 68.2 Å². The van der Waals surface area contributed by atoms with Crippen LogP contribution in [0.4, 0.5) is 24.5 Å². The van der Waals surface area contributed by atoms with Crippen molar-refractivity contribution in [1.82, 2.24) is 0 Å². The van der Waals surface area contributed by atoms with Crippen LogP contribution in [-0.2, 0) is 6.18 Å². The van der Waals surface area contributed by atoms with Crippen molar-refractivity contribution in [2.24, 2.45) is 0 Å². The Morgan fingerprint density at radius 3 is 2.36 bits per heavy atom. The third kappa shape index (κ3) is 2.62. The number of anilines is 1. The number of hydrogen-bond acceptors (Lipinski definition) is 4. The number of carbonyl (C=O) groups excluding carboxylic acids is 2. The SMILES string of the molecule is O=C1c2cccc([N+](=O)[O-])c2C(=O)N1c1ccc(Cl)c(C(F)(F)F)c1. The molecule has 2 aromatic carbocycles. The topological polar surface area (TPSA) is 80.5 Å². The third-order valence-corrected chi connectivity index (χ3v) is 3.93. The van der Waals surface area contributed by atoms with E-state index in [4.69, 9.17) is 11.6 Å². The number of nitrogens with zero attached hydrogens (tertiary/aromatic N) is 2. The third-order valence-electron chi connectivity index (χ3n) is 3.60. The van der Waals surface area contributed by atoms with Gasteiger partial charge in [0, 0.05) is 6.07 Å².